The first-order valence-electron chi connectivity index (χ1n) is 18.5. The smallest absolute Gasteiger partial charge is 0.302 e. The predicted octanol–water partition coefficient (Wildman–Crippen LogP) is 7.42. The highest BCUT2D eigenvalue weighted by Crippen LogP contribution is 2.51. The van der Waals surface area contributed by atoms with Gasteiger partial charge in [-0.2, -0.15) is 0 Å². The van der Waals surface area contributed by atoms with Gasteiger partial charge < -0.3 is 46.8 Å². The Labute approximate surface area is 316 Å². The van der Waals surface area contributed by atoms with E-state index in [0.717, 1.165) is 17.6 Å². The van der Waals surface area contributed by atoms with Crippen molar-refractivity contribution in [1.82, 2.24) is 0 Å². The van der Waals surface area contributed by atoms with Crippen LogP contribution in [0, 0.1) is 17.8 Å². The molecule has 52 heavy (non-hydrogen) atoms. The lowest BCUT2D eigenvalue weighted by molar-refractivity contribution is -0.164. The maximum atomic E-state index is 12.9. The molecule has 1 unspecified atom stereocenters. The van der Waals surface area contributed by atoms with Crippen LogP contribution < -0.4 is 4.74 Å². The van der Waals surface area contributed by atoms with Crippen molar-refractivity contribution < 1.29 is 51.6 Å². The van der Waals surface area contributed by atoms with E-state index in [1.807, 2.05) is 24.3 Å². The van der Waals surface area contributed by atoms with E-state index in [-0.39, 0.29) is 42.1 Å². The first-order valence-corrected chi connectivity index (χ1v) is 24.3. The van der Waals surface area contributed by atoms with Gasteiger partial charge in [-0.25, -0.2) is 0 Å². The van der Waals surface area contributed by atoms with Crippen LogP contribution in [0.5, 0.6) is 5.75 Å². The summed E-state index contributed by atoms with van der Waals surface area (Å²) in [6.45, 7) is 29.3. The van der Waals surface area contributed by atoms with E-state index in [4.69, 9.17) is 42.0 Å². The lowest BCUT2D eigenvalue weighted by Gasteiger charge is -2.46. The normalized spacial score (nSPS) is 21.2. The summed E-state index contributed by atoms with van der Waals surface area (Å²) in [4.78, 5) is 25.7. The first kappa shape index (κ1) is 46.5. The Morgan fingerprint density at radius 2 is 1.52 bits per heavy atom. The number of ether oxygens (including phenoxy) is 7. The molecule has 0 bridgehead atoms. The van der Waals surface area contributed by atoms with Crippen LogP contribution in [0.4, 0.5) is 0 Å². The molecule has 1 aromatic rings. The molecule has 1 aromatic carbocycles. The fourth-order valence-corrected chi connectivity index (χ4v) is 8.10. The highest BCUT2D eigenvalue weighted by atomic mass is 28.4. The van der Waals surface area contributed by atoms with Crippen LogP contribution in [0.3, 0.4) is 0 Å². The number of carbonyl (C=O) groups is 2. The second kappa shape index (κ2) is 19.8. The molecule has 13 heteroatoms. The van der Waals surface area contributed by atoms with Gasteiger partial charge in [0.2, 0.25) is 0 Å². The Kier molecular flexibility index (Phi) is 17.7. The standard InChI is InChI=1S/C39H70O11Si2/c1-28(23-45-24-30-16-18-32(43-11)19-17-30)35-39(9,49-35)36(50-52(14,15)38(6,7)8)33(26-47-51(12,13)37(3,4)5)34(48-29(2)41)31(22-40)25-46-27-44-21-20-42-10/h16-19,22,28,31,33-36H,20-21,23-27H2,1-15H3/t28-,31-,33-,34+,35+,36-,39?/m0/s1. The molecule has 1 aliphatic heterocycles. The number of epoxide rings is 1. The minimum atomic E-state index is -2.49. The van der Waals surface area contributed by atoms with Gasteiger partial charge in [-0.3, -0.25) is 4.79 Å². The molecule has 1 saturated heterocycles. The van der Waals surface area contributed by atoms with E-state index in [1.54, 1.807) is 14.2 Å². The summed E-state index contributed by atoms with van der Waals surface area (Å²) in [5.74, 6) is -1.08. The number of carbonyl (C=O) groups excluding carboxylic acids is 2. The lowest BCUT2D eigenvalue weighted by atomic mass is 9.80. The molecule has 11 nitrogen and oxygen atoms in total. The summed E-state index contributed by atoms with van der Waals surface area (Å²) in [6, 6.07) is 7.82. The van der Waals surface area contributed by atoms with Crippen molar-refractivity contribution in [2.45, 2.75) is 129 Å². The summed E-state index contributed by atoms with van der Waals surface area (Å²) in [5.41, 5.74) is 0.264. The minimum Gasteiger partial charge on any atom is -0.497 e. The Balaban J connectivity index is 2.54. The van der Waals surface area contributed by atoms with Crippen LogP contribution in [0.15, 0.2) is 24.3 Å². The SMILES string of the molecule is COCCOCOC[C@H](C=O)[C@@H](OC(C)=O)[C@H](CO[Si](C)(C)C(C)(C)C)[C@H](O[Si](C)(C)C(C)(C)C)C1(C)O[C@@H]1[C@@H](C)COCc1ccc(OC)cc1. The van der Waals surface area contributed by atoms with Crippen molar-refractivity contribution in [3.05, 3.63) is 29.8 Å². The van der Waals surface area contributed by atoms with E-state index >= 15 is 0 Å². The van der Waals surface area contributed by atoms with E-state index in [0.29, 0.717) is 26.4 Å². The fraction of sp³-hybridized carbons (Fsp3) is 0.795. The van der Waals surface area contributed by atoms with E-state index < -0.39 is 52.2 Å². The van der Waals surface area contributed by atoms with Gasteiger partial charge in [0.15, 0.2) is 16.6 Å². The maximum absolute atomic E-state index is 12.9. The van der Waals surface area contributed by atoms with Gasteiger partial charge >= 0.3 is 5.97 Å². The zero-order valence-electron chi connectivity index (χ0n) is 34.8. The molecule has 1 heterocycles. The molecule has 7 atom stereocenters. The van der Waals surface area contributed by atoms with Gasteiger partial charge in [-0.05, 0) is 60.9 Å². The first-order chi connectivity index (χ1) is 24.0. The summed E-state index contributed by atoms with van der Waals surface area (Å²) in [7, 11) is -1.57. The van der Waals surface area contributed by atoms with Gasteiger partial charge in [0.1, 0.15) is 30.5 Å². The molecule has 0 spiro atoms. The number of benzene rings is 1. The summed E-state index contributed by atoms with van der Waals surface area (Å²) < 4.78 is 54.9. The van der Waals surface area contributed by atoms with Crippen molar-refractivity contribution in [1.29, 1.82) is 0 Å². The quantitative estimate of drug-likeness (QED) is 0.0261. The monoisotopic (exact) mass is 770 g/mol. The highest BCUT2D eigenvalue weighted by Gasteiger charge is 2.65. The third-order valence-corrected chi connectivity index (χ3v) is 20.0. The summed E-state index contributed by atoms with van der Waals surface area (Å²) in [5, 5.41) is -0.233. The van der Waals surface area contributed by atoms with Gasteiger partial charge in [-0.15, -0.1) is 0 Å². The van der Waals surface area contributed by atoms with Crippen LogP contribution in [-0.4, -0.2) is 107 Å². The van der Waals surface area contributed by atoms with Crippen LogP contribution >= 0.6 is 0 Å². The van der Waals surface area contributed by atoms with Crippen molar-refractivity contribution in [3.8, 4) is 5.75 Å². The third kappa shape index (κ3) is 13.3. The van der Waals surface area contributed by atoms with Crippen molar-refractivity contribution in [2.75, 3.05) is 54.0 Å². The molecule has 0 amide bonds. The molecular weight excluding hydrogens is 701 g/mol. The molecule has 0 N–H and O–H groups in total. The minimum absolute atomic E-state index is 0.0114. The molecular formula is C39H70O11Si2. The second-order valence-electron chi connectivity index (χ2n) is 17.4. The van der Waals surface area contributed by atoms with Crippen LogP contribution in [0.2, 0.25) is 36.3 Å². The molecule has 0 aromatic heterocycles. The number of hydrogen-bond acceptors (Lipinski definition) is 11. The fourth-order valence-electron chi connectivity index (χ4n) is 5.66. The Morgan fingerprint density at radius 3 is 2.04 bits per heavy atom. The highest BCUT2D eigenvalue weighted by molar-refractivity contribution is 6.74. The molecule has 2 rings (SSSR count). The second-order valence-corrected chi connectivity index (χ2v) is 26.9. The predicted molar refractivity (Wildman–Crippen MR) is 208 cm³/mol. The Bertz CT molecular complexity index is 1230. The van der Waals surface area contributed by atoms with Crippen molar-refractivity contribution >= 4 is 28.9 Å². The molecule has 300 valence electrons. The zero-order chi connectivity index (χ0) is 39.5. The molecule has 0 aliphatic carbocycles. The Hall–Kier alpha value is -1.69. The molecule has 0 radical (unpaired) electrons. The van der Waals surface area contributed by atoms with E-state index in [9.17, 15) is 9.59 Å². The average Bonchev–Trinajstić information content (AvgIpc) is 3.75. The van der Waals surface area contributed by atoms with Crippen molar-refractivity contribution in [2.24, 2.45) is 17.8 Å². The van der Waals surface area contributed by atoms with Crippen LogP contribution in [0.1, 0.15) is 67.9 Å². The van der Waals surface area contributed by atoms with Gasteiger partial charge in [0.05, 0.1) is 58.3 Å². The van der Waals surface area contributed by atoms with E-state index in [1.165, 1.54) is 6.92 Å². The van der Waals surface area contributed by atoms with Crippen LogP contribution in [0.25, 0.3) is 0 Å². The molecule has 0 saturated carbocycles. The lowest BCUT2D eigenvalue weighted by Crippen LogP contribution is -2.57. The molecule has 1 aliphatic rings. The number of aldehydes is 1. The van der Waals surface area contributed by atoms with Gasteiger partial charge in [0.25, 0.3) is 0 Å². The number of methoxy groups -OCH3 is 2. The van der Waals surface area contributed by atoms with Gasteiger partial charge in [0, 0.05) is 32.5 Å². The van der Waals surface area contributed by atoms with Crippen LogP contribution in [-0.2, 0) is 53.5 Å². The summed E-state index contributed by atoms with van der Waals surface area (Å²) >= 11 is 0. The van der Waals surface area contributed by atoms with Gasteiger partial charge in [-0.1, -0.05) is 60.6 Å². The maximum Gasteiger partial charge on any atom is 0.302 e. The molecule has 1 fully saturated rings. The van der Waals surface area contributed by atoms with E-state index in [2.05, 4.69) is 81.6 Å². The number of rotatable bonds is 24. The topological polar surface area (TPSA) is 121 Å². The zero-order valence-corrected chi connectivity index (χ0v) is 36.8. The summed E-state index contributed by atoms with van der Waals surface area (Å²) in [6.07, 6.45) is -0.922. The third-order valence-electron chi connectivity index (χ3n) is 11.1. The largest absolute Gasteiger partial charge is 0.497 e. The number of esters is 1. The Morgan fingerprint density at radius 1 is 0.904 bits per heavy atom. The average molecular weight is 771 g/mol. The van der Waals surface area contributed by atoms with Crippen molar-refractivity contribution in [3.63, 3.8) is 0 Å². The number of hydrogen-bond donors (Lipinski definition) is 0.